The Labute approximate surface area is 166 Å². The minimum atomic E-state index is -0.185. The molecule has 0 spiro atoms. The monoisotopic (exact) mass is 392 g/mol. The summed E-state index contributed by atoms with van der Waals surface area (Å²) >= 11 is 1.57. The quantitative estimate of drug-likeness (QED) is 0.532. The van der Waals surface area contributed by atoms with Gasteiger partial charge in [-0.25, -0.2) is 9.97 Å². The molecule has 0 radical (unpaired) electrons. The number of aryl methyl sites for hydroxylation is 1. The van der Waals surface area contributed by atoms with E-state index in [4.69, 9.17) is 4.52 Å². The molecule has 0 fully saturated rings. The lowest BCUT2D eigenvalue weighted by molar-refractivity contribution is 0.0952. The number of rotatable bonds is 5. The second-order valence-corrected chi connectivity index (χ2v) is 7.75. The first-order chi connectivity index (χ1) is 13.5. The third-order valence-electron chi connectivity index (χ3n) is 4.48. The summed E-state index contributed by atoms with van der Waals surface area (Å²) in [5.41, 5.74) is 4.29. The Hall–Kier alpha value is -3.06. The van der Waals surface area contributed by atoms with Crippen LogP contribution in [0.3, 0.4) is 0 Å². The number of hydrogen-bond donors (Lipinski definition) is 1. The van der Waals surface area contributed by atoms with Crippen LogP contribution in [0.1, 0.15) is 47.2 Å². The lowest BCUT2D eigenvalue weighted by atomic mass is 10.0. The molecule has 0 unspecified atom stereocenters. The minimum absolute atomic E-state index is 0.174. The fraction of sp³-hybridized carbons (Fsp3) is 0.238. The lowest BCUT2D eigenvalue weighted by Crippen LogP contribution is -2.23. The average molecular weight is 392 g/mol. The van der Waals surface area contributed by atoms with Crippen LogP contribution in [0.2, 0.25) is 0 Å². The van der Waals surface area contributed by atoms with Crippen LogP contribution >= 0.6 is 11.3 Å². The van der Waals surface area contributed by atoms with Crippen molar-refractivity contribution in [3.8, 4) is 10.6 Å². The number of thiazole rings is 1. The molecular formula is C21H20N4O2S. The van der Waals surface area contributed by atoms with Gasteiger partial charge in [0.2, 0.25) is 0 Å². The van der Waals surface area contributed by atoms with Gasteiger partial charge < -0.3 is 9.84 Å². The van der Waals surface area contributed by atoms with Crippen molar-refractivity contribution in [2.75, 3.05) is 0 Å². The van der Waals surface area contributed by atoms with Crippen LogP contribution < -0.4 is 5.32 Å². The second-order valence-electron chi connectivity index (χ2n) is 6.89. The largest absolute Gasteiger partial charge is 0.346 e. The summed E-state index contributed by atoms with van der Waals surface area (Å²) in [7, 11) is 0. The van der Waals surface area contributed by atoms with E-state index >= 15 is 0 Å². The Morgan fingerprint density at radius 2 is 2.00 bits per heavy atom. The summed E-state index contributed by atoms with van der Waals surface area (Å²) in [5, 5.41) is 10.5. The highest BCUT2D eigenvalue weighted by atomic mass is 32.1. The summed E-state index contributed by atoms with van der Waals surface area (Å²) in [4.78, 5) is 22.0. The van der Waals surface area contributed by atoms with Crippen LogP contribution in [0.25, 0.3) is 21.7 Å². The molecule has 1 amide bonds. The number of nitrogens with one attached hydrogen (secondary N) is 1. The highest BCUT2D eigenvalue weighted by Gasteiger charge is 2.20. The highest BCUT2D eigenvalue weighted by Crippen LogP contribution is 2.26. The maximum Gasteiger partial charge on any atom is 0.259 e. The molecule has 3 heterocycles. The molecule has 142 valence electrons. The molecule has 0 saturated heterocycles. The summed E-state index contributed by atoms with van der Waals surface area (Å²) < 4.78 is 5.29. The molecule has 3 aromatic heterocycles. The average Bonchev–Trinajstić information content (AvgIpc) is 3.33. The van der Waals surface area contributed by atoms with Gasteiger partial charge in [0.15, 0.2) is 0 Å². The van der Waals surface area contributed by atoms with Gasteiger partial charge >= 0.3 is 0 Å². The molecule has 0 atom stereocenters. The zero-order valence-corrected chi connectivity index (χ0v) is 16.7. The Morgan fingerprint density at radius 1 is 1.21 bits per heavy atom. The number of hydrogen-bond acceptors (Lipinski definition) is 6. The Kier molecular flexibility index (Phi) is 4.92. The third-order valence-corrected chi connectivity index (χ3v) is 5.42. The molecular weight excluding hydrogens is 372 g/mol. The molecule has 0 aliphatic heterocycles. The molecule has 1 N–H and O–H groups in total. The van der Waals surface area contributed by atoms with Crippen molar-refractivity contribution in [1.29, 1.82) is 0 Å². The van der Waals surface area contributed by atoms with E-state index in [9.17, 15) is 4.79 Å². The maximum absolute atomic E-state index is 12.9. The van der Waals surface area contributed by atoms with Gasteiger partial charge in [-0.3, -0.25) is 4.79 Å². The van der Waals surface area contributed by atoms with Gasteiger partial charge in [0, 0.05) is 16.6 Å². The normalized spacial score (nSPS) is 11.3. The van der Waals surface area contributed by atoms with Crippen LogP contribution in [0.5, 0.6) is 0 Å². The van der Waals surface area contributed by atoms with Crippen molar-refractivity contribution in [2.24, 2.45) is 0 Å². The van der Waals surface area contributed by atoms with Gasteiger partial charge in [0.25, 0.3) is 11.6 Å². The van der Waals surface area contributed by atoms with Crippen LogP contribution in [-0.2, 0) is 6.54 Å². The topological polar surface area (TPSA) is 80.9 Å². The number of carbonyl (C=O) groups is 1. The molecule has 0 aliphatic rings. The van der Waals surface area contributed by atoms with Gasteiger partial charge in [0.05, 0.1) is 28.9 Å². The van der Waals surface area contributed by atoms with Gasteiger partial charge in [0.1, 0.15) is 5.01 Å². The van der Waals surface area contributed by atoms with Crippen LogP contribution in [-0.4, -0.2) is 21.0 Å². The van der Waals surface area contributed by atoms with E-state index in [2.05, 4.69) is 20.4 Å². The van der Waals surface area contributed by atoms with Gasteiger partial charge in [-0.15, -0.1) is 11.3 Å². The zero-order chi connectivity index (χ0) is 19.7. The highest BCUT2D eigenvalue weighted by molar-refractivity contribution is 7.13. The molecule has 0 aliphatic carbocycles. The molecule has 7 heteroatoms. The summed E-state index contributed by atoms with van der Waals surface area (Å²) in [5.74, 6) is -0.0109. The van der Waals surface area contributed by atoms with Crippen LogP contribution in [0, 0.1) is 6.92 Å². The SMILES string of the molecule is Cc1noc2nc(C(C)C)cc(C(=O)NCc3csc(-c4ccccc4)n3)c12. The van der Waals surface area contributed by atoms with E-state index in [1.54, 1.807) is 11.3 Å². The Bertz CT molecular complexity index is 1130. The number of aromatic nitrogens is 3. The standard InChI is InChI=1S/C21H20N4O2S/c1-12(2)17-9-16(18-13(3)25-27-20(18)24-17)19(26)22-10-15-11-28-21(23-15)14-7-5-4-6-8-14/h4-9,11-12H,10H2,1-3H3,(H,22,26). The van der Waals surface area contributed by atoms with Crippen molar-refractivity contribution < 1.29 is 9.32 Å². The summed E-state index contributed by atoms with van der Waals surface area (Å²) in [6.45, 7) is 6.22. The van der Waals surface area contributed by atoms with Crippen molar-refractivity contribution in [1.82, 2.24) is 20.4 Å². The lowest BCUT2D eigenvalue weighted by Gasteiger charge is -2.09. The van der Waals surface area contributed by atoms with Gasteiger partial charge in [-0.2, -0.15) is 0 Å². The van der Waals surface area contributed by atoms with Crippen LogP contribution in [0.15, 0.2) is 46.3 Å². The zero-order valence-electron chi connectivity index (χ0n) is 15.9. The van der Waals surface area contributed by atoms with Crippen molar-refractivity contribution in [3.63, 3.8) is 0 Å². The number of amides is 1. The maximum atomic E-state index is 12.9. The molecule has 6 nitrogen and oxygen atoms in total. The number of fused-ring (bicyclic) bond motifs is 1. The second kappa shape index (κ2) is 7.52. The fourth-order valence-corrected chi connectivity index (χ4v) is 3.78. The number of carbonyl (C=O) groups excluding carboxylic acids is 1. The first kappa shape index (κ1) is 18.3. The predicted molar refractivity (Wildman–Crippen MR) is 109 cm³/mol. The Balaban J connectivity index is 1.56. The van der Waals surface area contributed by atoms with Crippen LogP contribution in [0.4, 0.5) is 0 Å². The van der Waals surface area contributed by atoms with Gasteiger partial charge in [-0.05, 0) is 18.9 Å². The molecule has 0 saturated carbocycles. The van der Waals surface area contributed by atoms with E-state index in [0.29, 0.717) is 28.9 Å². The van der Waals surface area contributed by atoms with Gasteiger partial charge in [-0.1, -0.05) is 49.3 Å². The number of benzene rings is 1. The predicted octanol–water partition coefficient (Wildman–Crippen LogP) is 4.71. The fourth-order valence-electron chi connectivity index (χ4n) is 2.96. The first-order valence-electron chi connectivity index (χ1n) is 9.08. The number of pyridine rings is 1. The van der Waals surface area contributed by atoms with E-state index in [0.717, 1.165) is 22.0 Å². The van der Waals surface area contributed by atoms with Crippen molar-refractivity contribution in [2.45, 2.75) is 33.2 Å². The molecule has 1 aromatic carbocycles. The minimum Gasteiger partial charge on any atom is -0.346 e. The summed E-state index contributed by atoms with van der Waals surface area (Å²) in [6, 6.07) is 11.8. The molecule has 28 heavy (non-hydrogen) atoms. The molecule has 4 aromatic rings. The smallest absolute Gasteiger partial charge is 0.259 e. The Morgan fingerprint density at radius 3 is 2.75 bits per heavy atom. The first-order valence-corrected chi connectivity index (χ1v) is 9.96. The molecule has 4 rings (SSSR count). The van der Waals surface area contributed by atoms with E-state index < -0.39 is 0 Å². The van der Waals surface area contributed by atoms with Crippen molar-refractivity contribution >= 4 is 28.3 Å². The number of nitrogens with zero attached hydrogens (tertiary/aromatic N) is 3. The third kappa shape index (κ3) is 3.53. The summed E-state index contributed by atoms with van der Waals surface area (Å²) in [6.07, 6.45) is 0. The van der Waals surface area contributed by atoms with E-state index in [-0.39, 0.29) is 11.8 Å². The van der Waals surface area contributed by atoms with Crippen molar-refractivity contribution in [3.05, 3.63) is 64.4 Å². The van der Waals surface area contributed by atoms with E-state index in [1.165, 1.54) is 0 Å². The molecule has 0 bridgehead atoms. The van der Waals surface area contributed by atoms with E-state index in [1.807, 2.05) is 62.5 Å².